The van der Waals surface area contributed by atoms with Gasteiger partial charge in [0, 0.05) is 5.56 Å². The Morgan fingerprint density at radius 1 is 0.769 bits per heavy atom. The largest absolute Gasteiger partial charge is 0.376 e. The van der Waals surface area contributed by atoms with Gasteiger partial charge in [-0.05, 0) is 17.7 Å². The van der Waals surface area contributed by atoms with Gasteiger partial charge in [-0.1, -0.05) is 78.9 Å². The molecule has 3 aromatic rings. The fourth-order valence-corrected chi connectivity index (χ4v) is 4.39. The van der Waals surface area contributed by atoms with Gasteiger partial charge in [-0.2, -0.15) is 0 Å². The summed E-state index contributed by atoms with van der Waals surface area (Å²) in [6, 6.07) is 24.2. The van der Waals surface area contributed by atoms with E-state index in [1.165, 1.54) is 12.1 Å². The first-order valence-electron chi connectivity index (χ1n) is 8.09. The van der Waals surface area contributed by atoms with E-state index < -0.39 is 27.0 Å². The van der Waals surface area contributed by atoms with E-state index in [1.54, 1.807) is 78.9 Å². The van der Waals surface area contributed by atoms with Crippen molar-refractivity contribution < 1.29 is 18.3 Å². The SMILES string of the molecule is O=C(c1ccccc1)C(O)(CS(=O)(=O)c1ccccc1)c1ccccc1. The van der Waals surface area contributed by atoms with Gasteiger partial charge in [-0.25, -0.2) is 8.42 Å². The van der Waals surface area contributed by atoms with Crippen LogP contribution in [0.3, 0.4) is 0 Å². The highest BCUT2D eigenvalue weighted by atomic mass is 32.2. The molecule has 132 valence electrons. The third-order valence-electron chi connectivity index (χ3n) is 4.16. The van der Waals surface area contributed by atoms with Crippen LogP contribution in [-0.4, -0.2) is 25.1 Å². The Labute approximate surface area is 152 Å². The first-order valence-corrected chi connectivity index (χ1v) is 9.74. The lowest BCUT2D eigenvalue weighted by atomic mass is 9.87. The Morgan fingerprint density at radius 3 is 1.77 bits per heavy atom. The number of aliphatic hydroxyl groups is 1. The summed E-state index contributed by atoms with van der Waals surface area (Å²) in [6.45, 7) is 0. The second-order valence-electron chi connectivity index (χ2n) is 5.99. The van der Waals surface area contributed by atoms with Crippen LogP contribution in [0.4, 0.5) is 0 Å². The zero-order valence-electron chi connectivity index (χ0n) is 13.9. The minimum atomic E-state index is -3.89. The number of benzene rings is 3. The van der Waals surface area contributed by atoms with Crippen LogP contribution in [-0.2, 0) is 15.4 Å². The van der Waals surface area contributed by atoms with Crippen LogP contribution in [0.1, 0.15) is 15.9 Å². The molecule has 4 nitrogen and oxygen atoms in total. The van der Waals surface area contributed by atoms with E-state index in [4.69, 9.17) is 0 Å². The Hall–Kier alpha value is -2.76. The lowest BCUT2D eigenvalue weighted by molar-refractivity contribution is 0.0407. The molecule has 26 heavy (non-hydrogen) atoms. The van der Waals surface area contributed by atoms with Gasteiger partial charge >= 0.3 is 0 Å². The van der Waals surface area contributed by atoms with E-state index in [2.05, 4.69) is 0 Å². The summed E-state index contributed by atoms with van der Waals surface area (Å²) in [5, 5.41) is 11.3. The molecule has 0 aromatic heterocycles. The molecule has 0 saturated heterocycles. The lowest BCUT2D eigenvalue weighted by Gasteiger charge is -2.27. The van der Waals surface area contributed by atoms with Crippen LogP contribution in [0.2, 0.25) is 0 Å². The van der Waals surface area contributed by atoms with Crippen LogP contribution in [0.25, 0.3) is 0 Å². The number of sulfone groups is 1. The smallest absolute Gasteiger partial charge is 0.199 e. The Balaban J connectivity index is 2.09. The van der Waals surface area contributed by atoms with Crippen molar-refractivity contribution in [2.45, 2.75) is 10.5 Å². The molecule has 0 aliphatic rings. The van der Waals surface area contributed by atoms with Crippen LogP contribution < -0.4 is 0 Å². The normalized spacial score (nSPS) is 13.7. The van der Waals surface area contributed by atoms with Crippen LogP contribution in [0.5, 0.6) is 0 Å². The summed E-state index contributed by atoms with van der Waals surface area (Å²) in [4.78, 5) is 13.1. The van der Waals surface area contributed by atoms with Crippen molar-refractivity contribution in [1.82, 2.24) is 0 Å². The first-order chi connectivity index (χ1) is 12.4. The second-order valence-corrected chi connectivity index (χ2v) is 7.98. The van der Waals surface area contributed by atoms with Gasteiger partial charge in [-0.15, -0.1) is 0 Å². The summed E-state index contributed by atoms with van der Waals surface area (Å²) in [5.41, 5.74) is -1.69. The molecule has 0 bridgehead atoms. The van der Waals surface area contributed by atoms with E-state index >= 15 is 0 Å². The number of carbonyl (C=O) groups is 1. The van der Waals surface area contributed by atoms with Gasteiger partial charge in [0.2, 0.25) is 0 Å². The van der Waals surface area contributed by atoms with Crippen LogP contribution in [0.15, 0.2) is 95.9 Å². The molecule has 0 heterocycles. The van der Waals surface area contributed by atoms with Crippen LogP contribution in [0, 0.1) is 0 Å². The predicted octanol–water partition coefficient (Wildman–Crippen LogP) is 3.23. The highest BCUT2D eigenvalue weighted by molar-refractivity contribution is 7.91. The maximum atomic E-state index is 13.1. The van der Waals surface area contributed by atoms with E-state index in [1.807, 2.05) is 0 Å². The highest BCUT2D eigenvalue weighted by Gasteiger charge is 2.43. The number of rotatable bonds is 6. The molecule has 0 amide bonds. The average molecular weight is 366 g/mol. The Kier molecular flexibility index (Phi) is 5.02. The fraction of sp³-hybridized carbons (Fsp3) is 0.0952. The molecule has 0 fully saturated rings. The molecule has 1 unspecified atom stereocenters. The molecule has 3 rings (SSSR count). The van der Waals surface area contributed by atoms with Crippen molar-refractivity contribution in [3.63, 3.8) is 0 Å². The quantitative estimate of drug-likeness (QED) is 0.680. The molecule has 1 atom stereocenters. The topological polar surface area (TPSA) is 71.4 Å². The maximum Gasteiger partial charge on any atom is 0.199 e. The number of ketones is 1. The molecule has 5 heteroatoms. The van der Waals surface area contributed by atoms with E-state index in [9.17, 15) is 18.3 Å². The fourth-order valence-electron chi connectivity index (χ4n) is 2.81. The van der Waals surface area contributed by atoms with Crippen molar-refractivity contribution >= 4 is 15.6 Å². The van der Waals surface area contributed by atoms with Crippen molar-refractivity contribution in [3.05, 3.63) is 102 Å². The summed E-state index contributed by atoms with van der Waals surface area (Å²) < 4.78 is 25.7. The third-order valence-corrected chi connectivity index (χ3v) is 5.95. The summed E-state index contributed by atoms with van der Waals surface area (Å²) in [6.07, 6.45) is 0. The number of carbonyl (C=O) groups excluding carboxylic acids is 1. The molecular formula is C21H18O4S. The van der Waals surface area contributed by atoms with E-state index in [-0.39, 0.29) is 16.0 Å². The summed E-state index contributed by atoms with van der Waals surface area (Å²) in [5.74, 6) is -1.38. The molecule has 1 N–H and O–H groups in total. The van der Waals surface area contributed by atoms with Gasteiger partial charge in [0.15, 0.2) is 21.2 Å². The Morgan fingerprint density at radius 2 is 1.23 bits per heavy atom. The minimum absolute atomic E-state index is 0.0650. The molecular weight excluding hydrogens is 348 g/mol. The summed E-state index contributed by atoms with van der Waals surface area (Å²) >= 11 is 0. The summed E-state index contributed by atoms with van der Waals surface area (Å²) in [7, 11) is -3.89. The van der Waals surface area contributed by atoms with Crippen molar-refractivity contribution in [2.75, 3.05) is 5.75 Å². The second kappa shape index (κ2) is 7.23. The standard InChI is InChI=1S/C21H18O4S/c22-20(17-10-4-1-5-11-17)21(23,18-12-6-2-7-13-18)16-26(24,25)19-14-8-3-9-15-19/h1-15,23H,16H2. The number of hydrogen-bond acceptors (Lipinski definition) is 4. The minimum Gasteiger partial charge on any atom is -0.376 e. The number of hydrogen-bond donors (Lipinski definition) is 1. The highest BCUT2D eigenvalue weighted by Crippen LogP contribution is 2.30. The van der Waals surface area contributed by atoms with Gasteiger partial charge in [-0.3, -0.25) is 4.79 Å². The van der Waals surface area contributed by atoms with E-state index in [0.717, 1.165) is 0 Å². The van der Waals surface area contributed by atoms with Gasteiger partial charge in [0.05, 0.1) is 10.6 Å². The van der Waals surface area contributed by atoms with Crippen molar-refractivity contribution in [1.29, 1.82) is 0 Å². The third kappa shape index (κ3) is 3.59. The van der Waals surface area contributed by atoms with Gasteiger partial charge < -0.3 is 5.11 Å². The average Bonchev–Trinajstić information content (AvgIpc) is 2.69. The monoisotopic (exact) mass is 366 g/mol. The molecule has 0 saturated carbocycles. The lowest BCUT2D eigenvalue weighted by Crippen LogP contribution is -2.42. The zero-order chi connectivity index (χ0) is 18.6. The van der Waals surface area contributed by atoms with Gasteiger partial charge in [0.25, 0.3) is 0 Å². The van der Waals surface area contributed by atoms with Crippen LogP contribution >= 0.6 is 0 Å². The van der Waals surface area contributed by atoms with E-state index in [0.29, 0.717) is 0 Å². The first kappa shape index (κ1) is 18.0. The number of Topliss-reactive ketones (excluding diaryl/α,β-unsaturated/α-hetero) is 1. The molecule has 0 radical (unpaired) electrons. The molecule has 0 aliphatic heterocycles. The molecule has 0 spiro atoms. The van der Waals surface area contributed by atoms with Crippen molar-refractivity contribution in [3.8, 4) is 0 Å². The van der Waals surface area contributed by atoms with Gasteiger partial charge in [0.1, 0.15) is 0 Å². The zero-order valence-corrected chi connectivity index (χ0v) is 14.8. The Bertz CT molecular complexity index is 984. The van der Waals surface area contributed by atoms with Crippen molar-refractivity contribution in [2.24, 2.45) is 0 Å². The molecule has 0 aliphatic carbocycles. The predicted molar refractivity (Wildman–Crippen MR) is 99.6 cm³/mol. The molecule has 3 aromatic carbocycles. The maximum absolute atomic E-state index is 13.1.